The van der Waals surface area contributed by atoms with E-state index in [1.165, 1.54) is 18.4 Å². The second-order valence-electron chi connectivity index (χ2n) is 7.01. The minimum absolute atomic E-state index is 0.341. The van der Waals surface area contributed by atoms with Gasteiger partial charge in [-0.15, -0.1) is 11.3 Å². The molecule has 0 radical (unpaired) electrons. The molecule has 0 aliphatic heterocycles. The van der Waals surface area contributed by atoms with Crippen LogP contribution in [0.3, 0.4) is 0 Å². The van der Waals surface area contributed by atoms with Crippen LogP contribution in [0.1, 0.15) is 45.8 Å². The van der Waals surface area contributed by atoms with Crippen LogP contribution >= 0.6 is 11.3 Å². The Morgan fingerprint density at radius 1 is 1.07 bits per heavy atom. The van der Waals surface area contributed by atoms with Crippen molar-refractivity contribution < 1.29 is 9.53 Å². The fourth-order valence-electron chi connectivity index (χ4n) is 3.42. The first-order valence-corrected chi connectivity index (χ1v) is 11.0. The van der Waals surface area contributed by atoms with Crippen molar-refractivity contribution >= 4 is 34.2 Å². The Kier molecular flexibility index (Phi) is 7.41. The number of ether oxygens (including phenoxy) is 1. The van der Waals surface area contributed by atoms with Crippen molar-refractivity contribution in [2.75, 3.05) is 25.1 Å². The van der Waals surface area contributed by atoms with Crippen molar-refractivity contribution in [2.24, 2.45) is 4.99 Å². The average Bonchev–Trinajstić information content (AvgIpc) is 3.09. The molecule has 1 aromatic heterocycles. The van der Waals surface area contributed by atoms with Gasteiger partial charge in [0.15, 0.2) is 0 Å². The van der Waals surface area contributed by atoms with E-state index >= 15 is 0 Å². The molecule has 4 nitrogen and oxygen atoms in total. The lowest BCUT2D eigenvalue weighted by molar-refractivity contribution is 0.0601. The summed E-state index contributed by atoms with van der Waals surface area (Å²) < 4.78 is 5.03. The van der Waals surface area contributed by atoms with E-state index in [9.17, 15) is 4.79 Å². The van der Waals surface area contributed by atoms with Crippen LogP contribution in [0.2, 0.25) is 0 Å². The molecule has 156 valence electrons. The third-order valence-electron chi connectivity index (χ3n) is 5.18. The van der Waals surface area contributed by atoms with Crippen molar-refractivity contribution in [2.45, 2.75) is 27.2 Å². The van der Waals surface area contributed by atoms with E-state index in [1.54, 1.807) is 11.3 Å². The Hall–Kier alpha value is -2.92. The number of aliphatic imine (C=N–C) groups is 1. The number of methoxy groups -OCH3 is 1. The van der Waals surface area contributed by atoms with Crippen LogP contribution in [0.25, 0.3) is 0 Å². The number of hydrogen-bond donors (Lipinski definition) is 0. The molecule has 0 unspecified atom stereocenters. The number of anilines is 1. The molecular weight excluding hydrogens is 392 g/mol. The van der Waals surface area contributed by atoms with Gasteiger partial charge in [-0.2, -0.15) is 0 Å². The number of carbonyl (C=O) groups is 1. The molecule has 5 heteroatoms. The lowest BCUT2D eigenvalue weighted by atomic mass is 10.1. The van der Waals surface area contributed by atoms with Gasteiger partial charge in [0.25, 0.3) is 0 Å². The van der Waals surface area contributed by atoms with Crippen LogP contribution in [-0.2, 0) is 11.2 Å². The molecule has 2 aromatic carbocycles. The normalized spacial score (nSPS) is 11.1. The van der Waals surface area contributed by atoms with E-state index in [0.29, 0.717) is 10.6 Å². The van der Waals surface area contributed by atoms with Crippen molar-refractivity contribution in [3.63, 3.8) is 0 Å². The Morgan fingerprint density at radius 2 is 1.73 bits per heavy atom. The first kappa shape index (κ1) is 21.8. The highest BCUT2D eigenvalue weighted by Gasteiger charge is 2.21. The third-order valence-corrected chi connectivity index (χ3v) is 6.38. The Morgan fingerprint density at radius 3 is 2.33 bits per heavy atom. The van der Waals surface area contributed by atoms with Crippen molar-refractivity contribution in [3.05, 3.63) is 81.7 Å². The standard InChI is InChI=1S/C25H28N2O2S/c1-5-27(6-2)21-14-12-20(13-15-21)17-26-24-23(25(28)29-4)18(3)22(30-24)16-19-10-8-7-9-11-19/h7-15,17H,5-6,16H2,1-4H3. The zero-order valence-corrected chi connectivity index (χ0v) is 18.8. The zero-order valence-electron chi connectivity index (χ0n) is 18.0. The predicted molar refractivity (Wildman–Crippen MR) is 127 cm³/mol. The van der Waals surface area contributed by atoms with Crippen molar-refractivity contribution in [1.29, 1.82) is 0 Å². The summed E-state index contributed by atoms with van der Waals surface area (Å²) in [4.78, 5) is 20.5. The minimum Gasteiger partial charge on any atom is -0.465 e. The average molecular weight is 421 g/mol. The van der Waals surface area contributed by atoms with Gasteiger partial charge < -0.3 is 9.64 Å². The number of nitrogens with zero attached hydrogens (tertiary/aromatic N) is 2. The summed E-state index contributed by atoms with van der Waals surface area (Å²) in [5, 5.41) is 0.693. The van der Waals surface area contributed by atoms with Crippen LogP contribution in [-0.4, -0.2) is 32.4 Å². The third kappa shape index (κ3) is 4.97. The summed E-state index contributed by atoms with van der Waals surface area (Å²) in [5.41, 5.74) is 4.91. The first-order chi connectivity index (χ1) is 14.6. The molecule has 0 bridgehead atoms. The number of rotatable bonds is 8. The smallest absolute Gasteiger partial charge is 0.341 e. The monoisotopic (exact) mass is 420 g/mol. The number of carbonyl (C=O) groups excluding carboxylic acids is 1. The molecule has 0 aliphatic carbocycles. The van der Waals surface area contributed by atoms with E-state index < -0.39 is 0 Å². The van der Waals surface area contributed by atoms with Gasteiger partial charge in [-0.25, -0.2) is 9.79 Å². The Labute approximate surface area is 182 Å². The maximum absolute atomic E-state index is 12.4. The SMILES string of the molecule is CCN(CC)c1ccc(C=Nc2sc(Cc3ccccc3)c(C)c2C(=O)OC)cc1. The van der Waals surface area contributed by atoms with Crippen LogP contribution in [0.4, 0.5) is 10.7 Å². The van der Waals surface area contributed by atoms with Gasteiger partial charge in [-0.1, -0.05) is 42.5 Å². The predicted octanol–water partition coefficient (Wildman–Crippen LogP) is 6.03. The number of thiophene rings is 1. The highest BCUT2D eigenvalue weighted by atomic mass is 32.1. The van der Waals surface area contributed by atoms with Crippen LogP contribution < -0.4 is 4.90 Å². The molecule has 0 atom stereocenters. The van der Waals surface area contributed by atoms with E-state index in [1.807, 2.05) is 31.3 Å². The maximum atomic E-state index is 12.4. The zero-order chi connectivity index (χ0) is 21.5. The van der Waals surface area contributed by atoms with Gasteiger partial charge in [-0.05, 0) is 49.6 Å². The van der Waals surface area contributed by atoms with Gasteiger partial charge in [0.1, 0.15) is 5.00 Å². The largest absolute Gasteiger partial charge is 0.465 e. The molecule has 30 heavy (non-hydrogen) atoms. The summed E-state index contributed by atoms with van der Waals surface area (Å²) in [7, 11) is 1.41. The summed E-state index contributed by atoms with van der Waals surface area (Å²) in [6, 6.07) is 18.6. The van der Waals surface area contributed by atoms with Gasteiger partial charge in [0.2, 0.25) is 0 Å². The quantitative estimate of drug-likeness (QED) is 0.330. The molecule has 3 aromatic rings. The number of benzene rings is 2. The second-order valence-corrected chi connectivity index (χ2v) is 8.09. The number of hydrogen-bond acceptors (Lipinski definition) is 5. The molecule has 0 saturated carbocycles. The highest BCUT2D eigenvalue weighted by Crippen LogP contribution is 2.37. The Bertz CT molecular complexity index is 1000. The minimum atomic E-state index is -0.341. The molecule has 0 saturated heterocycles. The van der Waals surface area contributed by atoms with Gasteiger partial charge in [0, 0.05) is 36.3 Å². The van der Waals surface area contributed by atoms with Gasteiger partial charge >= 0.3 is 5.97 Å². The maximum Gasteiger partial charge on any atom is 0.341 e. The molecule has 0 amide bonds. The summed E-state index contributed by atoms with van der Waals surface area (Å²) >= 11 is 1.55. The first-order valence-electron chi connectivity index (χ1n) is 10.2. The fourth-order valence-corrected chi connectivity index (χ4v) is 4.59. The molecule has 3 rings (SSSR count). The fraction of sp³-hybridized carbons (Fsp3) is 0.280. The second kappa shape index (κ2) is 10.2. The van der Waals surface area contributed by atoms with Crippen LogP contribution in [0, 0.1) is 6.92 Å². The Balaban J connectivity index is 1.88. The lowest BCUT2D eigenvalue weighted by Gasteiger charge is -2.20. The highest BCUT2D eigenvalue weighted by molar-refractivity contribution is 7.16. The molecular formula is C25H28N2O2S. The summed E-state index contributed by atoms with van der Waals surface area (Å²) in [6.07, 6.45) is 2.59. The summed E-state index contributed by atoms with van der Waals surface area (Å²) in [5.74, 6) is -0.341. The van der Waals surface area contributed by atoms with E-state index in [4.69, 9.17) is 4.74 Å². The molecule has 0 aliphatic rings. The topological polar surface area (TPSA) is 41.9 Å². The molecule has 1 heterocycles. The van der Waals surface area contributed by atoms with E-state index in [2.05, 4.69) is 60.1 Å². The van der Waals surface area contributed by atoms with Crippen LogP contribution in [0.5, 0.6) is 0 Å². The van der Waals surface area contributed by atoms with Crippen molar-refractivity contribution in [1.82, 2.24) is 0 Å². The van der Waals surface area contributed by atoms with Crippen molar-refractivity contribution in [3.8, 4) is 0 Å². The lowest BCUT2D eigenvalue weighted by Crippen LogP contribution is -2.21. The molecule has 0 N–H and O–H groups in total. The molecule has 0 fully saturated rings. The van der Waals surface area contributed by atoms with E-state index in [0.717, 1.165) is 35.5 Å². The van der Waals surface area contributed by atoms with E-state index in [-0.39, 0.29) is 5.97 Å². The number of esters is 1. The summed E-state index contributed by atoms with van der Waals surface area (Å²) in [6.45, 7) is 8.23. The van der Waals surface area contributed by atoms with Gasteiger partial charge in [0.05, 0.1) is 12.7 Å². The van der Waals surface area contributed by atoms with Crippen LogP contribution in [0.15, 0.2) is 59.6 Å². The molecule has 0 spiro atoms. The van der Waals surface area contributed by atoms with Gasteiger partial charge in [-0.3, -0.25) is 0 Å².